The van der Waals surface area contributed by atoms with Crippen molar-refractivity contribution in [2.24, 2.45) is 11.3 Å². The van der Waals surface area contributed by atoms with E-state index in [9.17, 15) is 0 Å². The lowest BCUT2D eigenvalue weighted by Gasteiger charge is -2.26. The summed E-state index contributed by atoms with van der Waals surface area (Å²) in [6.45, 7) is 15.2. The van der Waals surface area contributed by atoms with Gasteiger partial charge in [-0.2, -0.15) is 0 Å². The van der Waals surface area contributed by atoms with Crippen LogP contribution in [-0.2, 0) is 0 Å². The molecule has 0 aromatic rings. The minimum atomic E-state index is 0.280. The lowest BCUT2D eigenvalue weighted by molar-refractivity contribution is 0.340. The van der Waals surface area contributed by atoms with Gasteiger partial charge in [-0.1, -0.05) is 59.5 Å². The van der Waals surface area contributed by atoms with Crippen LogP contribution in [0.15, 0.2) is 12.7 Å². The molecule has 0 aromatic carbocycles. The highest BCUT2D eigenvalue weighted by Gasteiger charge is 2.18. The number of hydrogen-bond donors (Lipinski definition) is 1. The Morgan fingerprint density at radius 3 is 2.44 bits per heavy atom. The van der Waals surface area contributed by atoms with Crippen LogP contribution in [0.25, 0.3) is 0 Å². The first-order valence-corrected chi connectivity index (χ1v) is 6.88. The van der Waals surface area contributed by atoms with Crippen LogP contribution >= 0.6 is 0 Å². The molecule has 1 heteroatoms. The van der Waals surface area contributed by atoms with Crippen molar-refractivity contribution in [1.82, 2.24) is 5.32 Å². The topological polar surface area (TPSA) is 12.0 Å². The van der Waals surface area contributed by atoms with Gasteiger partial charge in [0.05, 0.1) is 0 Å². The molecule has 1 atom stereocenters. The third-order valence-electron chi connectivity index (χ3n) is 3.18. The zero-order valence-corrected chi connectivity index (χ0v) is 11.8. The van der Waals surface area contributed by atoms with Gasteiger partial charge in [-0.05, 0) is 24.3 Å². The molecule has 0 aliphatic rings. The fourth-order valence-electron chi connectivity index (χ4n) is 1.86. The fourth-order valence-corrected chi connectivity index (χ4v) is 1.86. The second-order valence-corrected chi connectivity index (χ2v) is 5.69. The molecule has 0 saturated carbocycles. The normalized spacial score (nSPS) is 15.1. The van der Waals surface area contributed by atoms with Crippen molar-refractivity contribution < 1.29 is 0 Å². The SMILES string of the molecule is C=CC(C)(CCCCCC)CNCC(C)C. The third kappa shape index (κ3) is 7.92. The summed E-state index contributed by atoms with van der Waals surface area (Å²) < 4.78 is 0. The van der Waals surface area contributed by atoms with E-state index >= 15 is 0 Å². The maximum absolute atomic E-state index is 3.99. The Balaban J connectivity index is 3.77. The zero-order valence-electron chi connectivity index (χ0n) is 11.8. The maximum Gasteiger partial charge on any atom is 0.00399 e. The van der Waals surface area contributed by atoms with E-state index in [4.69, 9.17) is 0 Å². The summed E-state index contributed by atoms with van der Waals surface area (Å²) in [7, 11) is 0. The molecule has 16 heavy (non-hydrogen) atoms. The van der Waals surface area contributed by atoms with Crippen molar-refractivity contribution in [2.75, 3.05) is 13.1 Å². The predicted octanol–water partition coefficient (Wildman–Crippen LogP) is 4.39. The van der Waals surface area contributed by atoms with E-state index in [1.807, 2.05) is 0 Å². The molecule has 0 radical (unpaired) electrons. The van der Waals surface area contributed by atoms with Crippen LogP contribution in [0.5, 0.6) is 0 Å². The van der Waals surface area contributed by atoms with E-state index in [2.05, 4.69) is 45.7 Å². The first kappa shape index (κ1) is 15.7. The molecule has 0 heterocycles. The summed E-state index contributed by atoms with van der Waals surface area (Å²) in [5.74, 6) is 0.731. The van der Waals surface area contributed by atoms with Crippen LogP contribution in [0.4, 0.5) is 0 Å². The van der Waals surface area contributed by atoms with Crippen LogP contribution in [0.2, 0.25) is 0 Å². The molecule has 0 amide bonds. The summed E-state index contributed by atoms with van der Waals surface area (Å²) in [5, 5.41) is 3.55. The molecule has 0 rings (SSSR count). The van der Waals surface area contributed by atoms with Gasteiger partial charge >= 0.3 is 0 Å². The van der Waals surface area contributed by atoms with E-state index in [1.54, 1.807) is 0 Å². The van der Waals surface area contributed by atoms with Crippen molar-refractivity contribution >= 4 is 0 Å². The fraction of sp³-hybridized carbons (Fsp3) is 0.867. The molecular weight excluding hydrogens is 194 g/mol. The Kier molecular flexibility index (Phi) is 8.64. The van der Waals surface area contributed by atoms with E-state index < -0.39 is 0 Å². The molecule has 96 valence electrons. The van der Waals surface area contributed by atoms with Crippen LogP contribution in [0.3, 0.4) is 0 Å². The largest absolute Gasteiger partial charge is 0.316 e. The van der Waals surface area contributed by atoms with Crippen molar-refractivity contribution in [3.8, 4) is 0 Å². The molecule has 1 nitrogen and oxygen atoms in total. The summed E-state index contributed by atoms with van der Waals surface area (Å²) >= 11 is 0. The molecule has 0 bridgehead atoms. The monoisotopic (exact) mass is 225 g/mol. The minimum absolute atomic E-state index is 0.280. The average molecular weight is 225 g/mol. The van der Waals surface area contributed by atoms with E-state index in [1.165, 1.54) is 32.1 Å². The van der Waals surface area contributed by atoms with Gasteiger partial charge in [-0.3, -0.25) is 0 Å². The predicted molar refractivity (Wildman–Crippen MR) is 74.8 cm³/mol. The molecule has 0 aliphatic carbocycles. The second-order valence-electron chi connectivity index (χ2n) is 5.69. The summed E-state index contributed by atoms with van der Waals surface area (Å²) in [6, 6.07) is 0. The van der Waals surface area contributed by atoms with Crippen LogP contribution in [0, 0.1) is 11.3 Å². The highest BCUT2D eigenvalue weighted by atomic mass is 14.9. The summed E-state index contributed by atoms with van der Waals surface area (Å²) in [6.07, 6.45) is 8.78. The van der Waals surface area contributed by atoms with Gasteiger partial charge in [0, 0.05) is 6.54 Å². The van der Waals surface area contributed by atoms with Crippen LogP contribution in [-0.4, -0.2) is 13.1 Å². The Hall–Kier alpha value is -0.300. The Morgan fingerprint density at radius 2 is 1.94 bits per heavy atom. The molecule has 0 aromatic heterocycles. The first-order chi connectivity index (χ1) is 7.54. The molecule has 0 spiro atoms. The van der Waals surface area contributed by atoms with Gasteiger partial charge < -0.3 is 5.32 Å². The van der Waals surface area contributed by atoms with Gasteiger partial charge in [0.15, 0.2) is 0 Å². The Labute approximate surface area is 103 Å². The summed E-state index contributed by atoms with van der Waals surface area (Å²) in [4.78, 5) is 0. The van der Waals surface area contributed by atoms with Crippen LogP contribution < -0.4 is 5.32 Å². The number of rotatable bonds is 10. The van der Waals surface area contributed by atoms with E-state index in [-0.39, 0.29) is 5.41 Å². The molecular formula is C15H31N. The Morgan fingerprint density at radius 1 is 1.25 bits per heavy atom. The van der Waals surface area contributed by atoms with Crippen LogP contribution in [0.1, 0.15) is 59.8 Å². The Bertz CT molecular complexity index is 174. The zero-order chi connectivity index (χ0) is 12.4. The smallest absolute Gasteiger partial charge is 0.00399 e. The van der Waals surface area contributed by atoms with Crippen molar-refractivity contribution in [3.05, 3.63) is 12.7 Å². The standard InChI is InChI=1S/C15H31N/c1-6-8-9-10-11-15(5,7-2)13-16-12-14(3)4/h7,14,16H,2,6,8-13H2,1,3-5H3. The first-order valence-electron chi connectivity index (χ1n) is 6.88. The third-order valence-corrected chi connectivity index (χ3v) is 3.18. The minimum Gasteiger partial charge on any atom is -0.316 e. The molecule has 0 aliphatic heterocycles. The van der Waals surface area contributed by atoms with Crippen molar-refractivity contribution in [1.29, 1.82) is 0 Å². The number of hydrogen-bond acceptors (Lipinski definition) is 1. The van der Waals surface area contributed by atoms with E-state index in [0.717, 1.165) is 19.0 Å². The average Bonchev–Trinajstić information content (AvgIpc) is 2.24. The molecule has 1 N–H and O–H groups in total. The summed E-state index contributed by atoms with van der Waals surface area (Å²) in [5.41, 5.74) is 0.280. The number of nitrogens with one attached hydrogen (secondary N) is 1. The maximum atomic E-state index is 3.99. The molecule has 0 fully saturated rings. The quantitative estimate of drug-likeness (QED) is 0.429. The van der Waals surface area contributed by atoms with E-state index in [0.29, 0.717) is 0 Å². The highest BCUT2D eigenvalue weighted by molar-refractivity contribution is 4.92. The lowest BCUT2D eigenvalue weighted by Crippen LogP contribution is -2.32. The van der Waals surface area contributed by atoms with Gasteiger partial charge in [0.1, 0.15) is 0 Å². The number of unbranched alkanes of at least 4 members (excludes halogenated alkanes) is 3. The molecule has 1 unspecified atom stereocenters. The van der Waals surface area contributed by atoms with Crippen molar-refractivity contribution in [2.45, 2.75) is 59.8 Å². The van der Waals surface area contributed by atoms with Crippen molar-refractivity contribution in [3.63, 3.8) is 0 Å². The molecule has 0 saturated heterocycles. The second kappa shape index (κ2) is 8.81. The van der Waals surface area contributed by atoms with Gasteiger partial charge in [0.25, 0.3) is 0 Å². The van der Waals surface area contributed by atoms with Gasteiger partial charge in [-0.15, -0.1) is 6.58 Å². The van der Waals surface area contributed by atoms with Gasteiger partial charge in [-0.25, -0.2) is 0 Å². The lowest BCUT2D eigenvalue weighted by atomic mass is 9.84. The van der Waals surface area contributed by atoms with Gasteiger partial charge in [0.2, 0.25) is 0 Å². The highest BCUT2D eigenvalue weighted by Crippen LogP contribution is 2.25.